The van der Waals surface area contributed by atoms with Gasteiger partial charge in [0, 0.05) is 11.3 Å². The molecule has 0 saturated heterocycles. The van der Waals surface area contributed by atoms with Gasteiger partial charge in [-0.05, 0) is 24.6 Å². The fraction of sp³-hybridized carbons (Fsp3) is 0.118. The fourth-order valence-corrected chi connectivity index (χ4v) is 2.29. The molecule has 0 radical (unpaired) electrons. The number of ketones is 1. The van der Waals surface area contributed by atoms with Gasteiger partial charge in [-0.2, -0.15) is 0 Å². The molecule has 0 aliphatic rings. The molecule has 3 aromatic rings. The second-order valence-corrected chi connectivity index (χ2v) is 4.98. The number of hydrogen-bond acceptors (Lipinski definition) is 4. The number of aliphatic hydroxyl groups is 1. The van der Waals surface area contributed by atoms with Gasteiger partial charge in [-0.15, -0.1) is 10.2 Å². The summed E-state index contributed by atoms with van der Waals surface area (Å²) in [5.74, 6) is 0.395. The molecule has 5 heteroatoms. The highest BCUT2D eigenvalue weighted by molar-refractivity contribution is 5.94. The third-order valence-electron chi connectivity index (χ3n) is 3.46. The van der Waals surface area contributed by atoms with Crippen LogP contribution in [0.15, 0.2) is 60.9 Å². The summed E-state index contributed by atoms with van der Waals surface area (Å²) in [4.78, 5) is 11.5. The van der Waals surface area contributed by atoms with Crippen LogP contribution in [0.25, 0.3) is 5.69 Å². The lowest BCUT2D eigenvalue weighted by Gasteiger charge is -2.13. The normalized spacial score (nSPS) is 12.1. The van der Waals surface area contributed by atoms with Crippen molar-refractivity contribution in [3.8, 4) is 5.69 Å². The van der Waals surface area contributed by atoms with Gasteiger partial charge in [-0.1, -0.05) is 42.5 Å². The Kier molecular flexibility index (Phi) is 3.80. The summed E-state index contributed by atoms with van der Waals surface area (Å²) in [6.45, 7) is 1.52. The predicted molar refractivity (Wildman–Crippen MR) is 81.9 cm³/mol. The average molecular weight is 293 g/mol. The summed E-state index contributed by atoms with van der Waals surface area (Å²) in [6.07, 6.45) is 0.644. The Labute approximate surface area is 127 Å². The molecule has 0 saturated carbocycles. The number of aliphatic hydroxyl groups excluding tert-OH is 1. The van der Waals surface area contributed by atoms with E-state index >= 15 is 0 Å². The summed E-state index contributed by atoms with van der Waals surface area (Å²) < 4.78 is 1.68. The highest BCUT2D eigenvalue weighted by Gasteiger charge is 2.18. The van der Waals surface area contributed by atoms with Crippen molar-refractivity contribution < 1.29 is 9.90 Å². The summed E-state index contributed by atoms with van der Waals surface area (Å²) >= 11 is 0. The lowest BCUT2D eigenvalue weighted by atomic mass is 10.1. The minimum absolute atomic E-state index is 0.0138. The van der Waals surface area contributed by atoms with Gasteiger partial charge in [0.15, 0.2) is 11.6 Å². The Bertz CT molecular complexity index is 796. The van der Waals surface area contributed by atoms with Crippen LogP contribution < -0.4 is 0 Å². The van der Waals surface area contributed by atoms with E-state index in [1.165, 1.54) is 13.3 Å². The van der Waals surface area contributed by atoms with Crippen molar-refractivity contribution in [2.75, 3.05) is 0 Å². The van der Waals surface area contributed by atoms with Crippen LogP contribution in [0.3, 0.4) is 0 Å². The molecule has 2 aromatic carbocycles. The number of carbonyl (C=O) groups excluding carboxylic acids is 1. The topological polar surface area (TPSA) is 68.0 Å². The molecule has 110 valence electrons. The maximum Gasteiger partial charge on any atom is 0.170 e. The van der Waals surface area contributed by atoms with E-state index in [9.17, 15) is 9.90 Å². The quantitative estimate of drug-likeness (QED) is 0.751. The smallest absolute Gasteiger partial charge is 0.170 e. The number of benzene rings is 2. The molecule has 1 atom stereocenters. The summed E-state index contributed by atoms with van der Waals surface area (Å²) in [6, 6.07) is 16.4. The van der Waals surface area contributed by atoms with Gasteiger partial charge >= 0.3 is 0 Å². The first-order chi connectivity index (χ1) is 10.7. The maximum absolute atomic E-state index is 11.5. The molecule has 1 heterocycles. The summed E-state index contributed by atoms with van der Waals surface area (Å²) in [5.41, 5.74) is 2.08. The van der Waals surface area contributed by atoms with Crippen molar-refractivity contribution >= 4 is 5.78 Å². The third-order valence-corrected chi connectivity index (χ3v) is 3.46. The molecule has 0 aliphatic heterocycles. The zero-order chi connectivity index (χ0) is 15.5. The van der Waals surface area contributed by atoms with Gasteiger partial charge in [0.1, 0.15) is 12.4 Å². The lowest BCUT2D eigenvalue weighted by Crippen LogP contribution is -2.09. The maximum atomic E-state index is 11.5. The molecule has 1 N–H and O–H groups in total. The Morgan fingerprint density at radius 1 is 1.14 bits per heavy atom. The van der Waals surface area contributed by atoms with Crippen LogP contribution in [0.5, 0.6) is 0 Å². The first kappa shape index (κ1) is 14.2. The highest BCUT2D eigenvalue weighted by atomic mass is 16.3. The number of rotatable bonds is 4. The number of hydrogen-bond donors (Lipinski definition) is 1. The van der Waals surface area contributed by atoms with Crippen molar-refractivity contribution in [3.63, 3.8) is 0 Å². The van der Waals surface area contributed by atoms with E-state index in [-0.39, 0.29) is 5.78 Å². The molecule has 0 spiro atoms. The van der Waals surface area contributed by atoms with Gasteiger partial charge in [-0.3, -0.25) is 9.36 Å². The minimum atomic E-state index is -0.885. The van der Waals surface area contributed by atoms with Crippen LogP contribution >= 0.6 is 0 Å². The Balaban J connectivity index is 2.02. The van der Waals surface area contributed by atoms with Crippen LogP contribution in [0.2, 0.25) is 0 Å². The fourth-order valence-electron chi connectivity index (χ4n) is 2.29. The van der Waals surface area contributed by atoms with Gasteiger partial charge in [0.05, 0.1) is 0 Å². The van der Waals surface area contributed by atoms with Crippen LogP contribution in [0.1, 0.15) is 34.8 Å². The SMILES string of the molecule is CC(=O)c1cccc(-n2cnnc2C(O)c2ccccc2)c1. The van der Waals surface area contributed by atoms with E-state index in [4.69, 9.17) is 0 Å². The first-order valence-corrected chi connectivity index (χ1v) is 6.91. The van der Waals surface area contributed by atoms with E-state index < -0.39 is 6.10 Å². The van der Waals surface area contributed by atoms with Crippen LogP contribution in [0.4, 0.5) is 0 Å². The zero-order valence-corrected chi connectivity index (χ0v) is 12.0. The van der Waals surface area contributed by atoms with Crippen molar-refractivity contribution in [2.45, 2.75) is 13.0 Å². The highest BCUT2D eigenvalue weighted by Crippen LogP contribution is 2.22. The summed E-state index contributed by atoms with van der Waals surface area (Å²) in [7, 11) is 0. The molecule has 0 aliphatic carbocycles. The number of nitrogens with zero attached hydrogens (tertiary/aromatic N) is 3. The van der Waals surface area contributed by atoms with Crippen LogP contribution in [0, 0.1) is 0 Å². The molecule has 1 aromatic heterocycles. The third kappa shape index (κ3) is 2.66. The number of aromatic nitrogens is 3. The minimum Gasteiger partial charge on any atom is -0.380 e. The number of carbonyl (C=O) groups is 1. The molecule has 0 bridgehead atoms. The Morgan fingerprint density at radius 2 is 1.91 bits per heavy atom. The molecule has 0 amide bonds. The first-order valence-electron chi connectivity index (χ1n) is 6.91. The summed E-state index contributed by atoms with van der Waals surface area (Å²) in [5, 5.41) is 18.4. The molecule has 3 rings (SSSR count). The lowest BCUT2D eigenvalue weighted by molar-refractivity contribution is 0.101. The van der Waals surface area contributed by atoms with E-state index in [0.717, 1.165) is 11.3 Å². The van der Waals surface area contributed by atoms with Gasteiger partial charge in [-0.25, -0.2) is 0 Å². The molecular formula is C17H15N3O2. The Hall–Kier alpha value is -2.79. The largest absolute Gasteiger partial charge is 0.380 e. The van der Waals surface area contributed by atoms with Crippen LogP contribution in [-0.4, -0.2) is 25.7 Å². The van der Waals surface area contributed by atoms with Crippen molar-refractivity contribution in [1.82, 2.24) is 14.8 Å². The van der Waals surface area contributed by atoms with Gasteiger partial charge < -0.3 is 5.11 Å². The zero-order valence-electron chi connectivity index (χ0n) is 12.0. The number of Topliss-reactive ketones (excluding diaryl/α,β-unsaturated/α-hetero) is 1. The molecule has 0 fully saturated rings. The standard InChI is InChI=1S/C17H15N3O2/c1-12(21)14-8-5-9-15(10-14)20-11-18-19-17(20)16(22)13-6-3-2-4-7-13/h2-11,16,22H,1H3. The van der Waals surface area contributed by atoms with E-state index in [2.05, 4.69) is 10.2 Å². The molecule has 1 unspecified atom stereocenters. The molecule has 5 nitrogen and oxygen atoms in total. The second-order valence-electron chi connectivity index (χ2n) is 4.98. The van der Waals surface area contributed by atoms with Gasteiger partial charge in [0.2, 0.25) is 0 Å². The second kappa shape index (κ2) is 5.91. The monoisotopic (exact) mass is 293 g/mol. The van der Waals surface area contributed by atoms with E-state index in [1.807, 2.05) is 36.4 Å². The average Bonchev–Trinajstić information content (AvgIpc) is 3.04. The molecular weight excluding hydrogens is 278 g/mol. The molecule has 22 heavy (non-hydrogen) atoms. The van der Waals surface area contributed by atoms with E-state index in [1.54, 1.807) is 22.8 Å². The predicted octanol–water partition coefficient (Wildman–Crippen LogP) is 2.55. The Morgan fingerprint density at radius 3 is 2.64 bits per heavy atom. The van der Waals surface area contributed by atoms with Crippen molar-refractivity contribution in [2.24, 2.45) is 0 Å². The van der Waals surface area contributed by atoms with Gasteiger partial charge in [0.25, 0.3) is 0 Å². The van der Waals surface area contributed by atoms with Crippen molar-refractivity contribution in [3.05, 3.63) is 77.9 Å². The van der Waals surface area contributed by atoms with Crippen LogP contribution in [-0.2, 0) is 0 Å². The van der Waals surface area contributed by atoms with E-state index in [0.29, 0.717) is 11.4 Å². The van der Waals surface area contributed by atoms with Crippen molar-refractivity contribution in [1.29, 1.82) is 0 Å².